The maximum atomic E-state index is 9.13. The second-order valence-corrected chi connectivity index (χ2v) is 4.73. The van der Waals surface area contributed by atoms with Crippen molar-refractivity contribution in [2.75, 3.05) is 11.5 Å². The highest BCUT2D eigenvalue weighted by Gasteiger charge is 2.00. The zero-order chi connectivity index (χ0) is 11.5. The summed E-state index contributed by atoms with van der Waals surface area (Å²) in [7, 11) is 0. The smallest absolute Gasteiger partial charge is 0.0727 e. The van der Waals surface area contributed by atoms with E-state index in [0.717, 1.165) is 11.5 Å². The van der Waals surface area contributed by atoms with E-state index in [1.807, 2.05) is 0 Å². The van der Waals surface area contributed by atoms with Crippen molar-refractivity contribution in [1.82, 2.24) is 0 Å². The normalized spacial score (nSPS) is 14.5. The van der Waals surface area contributed by atoms with Gasteiger partial charge in [-0.2, -0.15) is 0 Å². The van der Waals surface area contributed by atoms with Crippen molar-refractivity contribution in [2.45, 2.75) is 25.0 Å². The zero-order valence-electron chi connectivity index (χ0n) is 8.67. The van der Waals surface area contributed by atoms with Crippen molar-refractivity contribution >= 4 is 24.1 Å². The van der Waals surface area contributed by atoms with E-state index in [1.54, 1.807) is 0 Å². The largest absolute Gasteiger partial charge is 0.389 e. The molecule has 0 amide bonds. The number of hydrogen-bond donors (Lipinski definition) is 2. The van der Waals surface area contributed by atoms with Gasteiger partial charge in [-0.1, -0.05) is 12.2 Å². The summed E-state index contributed by atoms with van der Waals surface area (Å²) in [4.78, 5) is 0. The van der Waals surface area contributed by atoms with Crippen LogP contribution in [0.1, 0.15) is 12.8 Å². The van der Waals surface area contributed by atoms with Crippen LogP contribution in [0.25, 0.3) is 0 Å². The molecule has 2 atom stereocenters. The van der Waals surface area contributed by atoms with Crippen molar-refractivity contribution in [3.05, 3.63) is 25.3 Å². The predicted octanol–water partition coefficient (Wildman–Crippen LogP) is 2.17. The lowest BCUT2D eigenvalue weighted by atomic mass is 10.3. The molecule has 0 heterocycles. The quantitative estimate of drug-likeness (QED) is 0.353. The molecule has 0 aromatic rings. The van der Waals surface area contributed by atoms with Gasteiger partial charge in [0.15, 0.2) is 0 Å². The van der Waals surface area contributed by atoms with E-state index in [0.29, 0.717) is 12.8 Å². The van der Waals surface area contributed by atoms with Gasteiger partial charge >= 0.3 is 0 Å². The minimum absolute atomic E-state index is 0.450. The van der Waals surface area contributed by atoms with Gasteiger partial charge in [-0.05, 0) is 12.8 Å². The van der Waals surface area contributed by atoms with Crippen LogP contribution >= 0.6 is 24.1 Å². The summed E-state index contributed by atoms with van der Waals surface area (Å²) >= 11 is 2.61. The molecule has 3 nitrogen and oxygen atoms in total. The molecule has 0 rings (SSSR count). The van der Waals surface area contributed by atoms with Crippen LogP contribution in [0.2, 0.25) is 0 Å². The number of aliphatic hydroxyl groups is 2. The fourth-order valence-corrected chi connectivity index (χ4v) is 2.17. The third-order valence-electron chi connectivity index (χ3n) is 1.63. The highest BCUT2D eigenvalue weighted by molar-refractivity contribution is 8.07. The maximum absolute atomic E-state index is 9.13. The zero-order valence-corrected chi connectivity index (χ0v) is 10.3. The summed E-state index contributed by atoms with van der Waals surface area (Å²) in [5.41, 5.74) is 0. The SMILES string of the molecule is C=CC(O)CCSOSCCC(O)C=C. The van der Waals surface area contributed by atoms with Gasteiger partial charge in [0.05, 0.1) is 12.2 Å². The van der Waals surface area contributed by atoms with Crippen molar-refractivity contribution < 1.29 is 13.8 Å². The summed E-state index contributed by atoms with van der Waals surface area (Å²) in [6.45, 7) is 6.95. The Morgan fingerprint density at radius 2 is 1.40 bits per heavy atom. The summed E-state index contributed by atoms with van der Waals surface area (Å²) < 4.78 is 5.17. The van der Waals surface area contributed by atoms with Crippen molar-refractivity contribution in [1.29, 1.82) is 0 Å². The number of rotatable bonds is 10. The monoisotopic (exact) mass is 250 g/mol. The first-order valence-corrected chi connectivity index (χ1v) is 6.55. The first-order chi connectivity index (χ1) is 7.20. The van der Waals surface area contributed by atoms with E-state index >= 15 is 0 Å². The van der Waals surface area contributed by atoms with Crippen LogP contribution in [0.5, 0.6) is 0 Å². The fourth-order valence-electron chi connectivity index (χ4n) is 0.675. The van der Waals surface area contributed by atoms with E-state index in [9.17, 15) is 0 Å². The molecule has 0 saturated carbocycles. The maximum Gasteiger partial charge on any atom is 0.0727 e. The molecule has 2 N–H and O–H groups in total. The molecule has 0 aliphatic heterocycles. The standard InChI is InChI=1S/C10H18O3S2/c1-3-9(11)5-7-14-13-15-8-6-10(12)4-2/h3-4,9-12H,1-2,5-8H2. The Morgan fingerprint density at radius 3 is 1.73 bits per heavy atom. The predicted molar refractivity (Wildman–Crippen MR) is 67.6 cm³/mol. The molecule has 0 aliphatic rings. The third-order valence-corrected chi connectivity index (χ3v) is 3.21. The molecule has 2 unspecified atom stereocenters. The molecular formula is C10H18O3S2. The van der Waals surface area contributed by atoms with Crippen molar-refractivity contribution in [3.63, 3.8) is 0 Å². The van der Waals surface area contributed by atoms with E-state index in [1.165, 1.54) is 36.2 Å². The lowest BCUT2D eigenvalue weighted by molar-refractivity contribution is 0.220. The molecule has 0 bridgehead atoms. The molecule has 88 valence electrons. The van der Waals surface area contributed by atoms with Crippen LogP contribution in [0.4, 0.5) is 0 Å². The Balaban J connectivity index is 3.11. The van der Waals surface area contributed by atoms with Crippen molar-refractivity contribution in [2.24, 2.45) is 0 Å². The van der Waals surface area contributed by atoms with Crippen LogP contribution in [-0.4, -0.2) is 33.9 Å². The van der Waals surface area contributed by atoms with Gasteiger partial charge < -0.3 is 10.2 Å². The highest BCUT2D eigenvalue weighted by Crippen LogP contribution is 2.17. The first-order valence-electron chi connectivity index (χ1n) is 4.73. The van der Waals surface area contributed by atoms with E-state index in [-0.39, 0.29) is 0 Å². The molecule has 0 aromatic carbocycles. The number of hydrogen-bond acceptors (Lipinski definition) is 5. The molecular weight excluding hydrogens is 232 g/mol. The third kappa shape index (κ3) is 10.3. The average Bonchev–Trinajstić information content (AvgIpc) is 2.26. The van der Waals surface area contributed by atoms with Crippen LogP contribution < -0.4 is 0 Å². The molecule has 0 radical (unpaired) electrons. The second kappa shape index (κ2) is 10.6. The Morgan fingerprint density at radius 1 is 1.00 bits per heavy atom. The van der Waals surface area contributed by atoms with E-state index in [2.05, 4.69) is 13.2 Å². The molecule has 0 saturated heterocycles. The van der Waals surface area contributed by atoms with Gasteiger partial charge in [0.25, 0.3) is 0 Å². The topological polar surface area (TPSA) is 49.7 Å². The Kier molecular flexibility index (Phi) is 10.6. The van der Waals surface area contributed by atoms with Gasteiger partial charge in [-0.3, -0.25) is 0 Å². The Hall–Kier alpha value is 0.0600. The summed E-state index contributed by atoms with van der Waals surface area (Å²) in [6, 6.07) is 0. The van der Waals surface area contributed by atoms with Crippen LogP contribution in [-0.2, 0) is 3.63 Å². The molecule has 5 heteroatoms. The molecule has 0 fully saturated rings. The van der Waals surface area contributed by atoms with E-state index < -0.39 is 12.2 Å². The second-order valence-electron chi connectivity index (χ2n) is 2.90. The van der Waals surface area contributed by atoms with Crippen LogP contribution in [0.15, 0.2) is 25.3 Å². The lowest BCUT2D eigenvalue weighted by Gasteiger charge is -2.05. The van der Waals surface area contributed by atoms with Crippen molar-refractivity contribution in [3.8, 4) is 0 Å². The van der Waals surface area contributed by atoms with Gasteiger partial charge in [-0.15, -0.1) is 13.2 Å². The molecule has 0 spiro atoms. The summed E-state index contributed by atoms with van der Waals surface area (Å²) in [6.07, 6.45) is 3.40. The van der Waals surface area contributed by atoms with Crippen LogP contribution in [0, 0.1) is 0 Å². The summed E-state index contributed by atoms with van der Waals surface area (Å²) in [5, 5.41) is 18.3. The average molecular weight is 250 g/mol. The minimum Gasteiger partial charge on any atom is -0.389 e. The molecule has 0 aromatic heterocycles. The summed E-state index contributed by atoms with van der Waals surface area (Å²) in [5.74, 6) is 1.45. The minimum atomic E-state index is -0.450. The Bertz CT molecular complexity index is 158. The number of aliphatic hydroxyl groups excluding tert-OH is 2. The van der Waals surface area contributed by atoms with Gasteiger partial charge in [0, 0.05) is 35.6 Å². The van der Waals surface area contributed by atoms with Gasteiger partial charge in [0.2, 0.25) is 0 Å². The fraction of sp³-hybridized carbons (Fsp3) is 0.600. The first kappa shape index (κ1) is 15.1. The van der Waals surface area contributed by atoms with Gasteiger partial charge in [-0.25, -0.2) is 3.63 Å². The van der Waals surface area contributed by atoms with Crippen LogP contribution in [0.3, 0.4) is 0 Å². The van der Waals surface area contributed by atoms with E-state index in [4.69, 9.17) is 13.8 Å². The Labute approximate surface area is 100 Å². The highest BCUT2D eigenvalue weighted by atomic mass is 32.2. The lowest BCUT2D eigenvalue weighted by Crippen LogP contribution is -2.03. The molecule has 15 heavy (non-hydrogen) atoms. The van der Waals surface area contributed by atoms with Gasteiger partial charge in [0.1, 0.15) is 0 Å². The molecule has 0 aliphatic carbocycles.